The maximum atomic E-state index is 13.6. The van der Waals surface area contributed by atoms with Gasteiger partial charge in [-0.2, -0.15) is 0 Å². The van der Waals surface area contributed by atoms with E-state index in [9.17, 15) is 14.7 Å². The molecule has 5 N–H and O–H groups in total. The second-order valence-corrected chi connectivity index (χ2v) is 9.23. The zero-order valence-electron chi connectivity index (χ0n) is 20.6. The molecule has 4 rings (SSSR count). The predicted octanol–water partition coefficient (Wildman–Crippen LogP) is 3.01. The van der Waals surface area contributed by atoms with E-state index in [2.05, 4.69) is 16.4 Å². The summed E-state index contributed by atoms with van der Waals surface area (Å²) in [6.45, 7) is 0.617. The van der Waals surface area contributed by atoms with Crippen LogP contribution in [-0.4, -0.2) is 59.6 Å². The first-order valence-electron chi connectivity index (χ1n) is 12.4. The fourth-order valence-corrected chi connectivity index (χ4v) is 4.66. The van der Waals surface area contributed by atoms with Gasteiger partial charge in [-0.05, 0) is 47.4 Å². The second-order valence-electron chi connectivity index (χ2n) is 9.23. The molecule has 0 bridgehead atoms. The number of aromatic amines is 1. The Morgan fingerprint density at radius 2 is 1.78 bits per heavy atom. The number of amides is 2. The van der Waals surface area contributed by atoms with Crippen molar-refractivity contribution in [3.05, 3.63) is 84.1 Å². The van der Waals surface area contributed by atoms with Crippen LogP contribution in [0.15, 0.2) is 72.9 Å². The van der Waals surface area contributed by atoms with E-state index >= 15 is 0 Å². The van der Waals surface area contributed by atoms with Gasteiger partial charge in [0, 0.05) is 37.1 Å². The van der Waals surface area contributed by atoms with Crippen molar-refractivity contribution in [1.29, 1.82) is 0 Å². The first-order chi connectivity index (χ1) is 17.5. The van der Waals surface area contributed by atoms with Gasteiger partial charge in [0.05, 0.1) is 12.5 Å². The molecular weight excluding hydrogens is 452 g/mol. The summed E-state index contributed by atoms with van der Waals surface area (Å²) in [4.78, 5) is 31.5. The number of benzene rings is 3. The number of para-hydroxylation sites is 1. The quantitative estimate of drug-likeness (QED) is 0.244. The molecule has 0 radical (unpaired) electrons. The zero-order valence-corrected chi connectivity index (χ0v) is 20.6. The topological polar surface area (TPSA) is 111 Å². The second kappa shape index (κ2) is 11.8. The molecule has 7 nitrogen and oxygen atoms in total. The van der Waals surface area contributed by atoms with E-state index in [1.165, 1.54) is 4.90 Å². The Bertz CT molecular complexity index is 1330. The van der Waals surface area contributed by atoms with Crippen LogP contribution < -0.4 is 11.1 Å². The van der Waals surface area contributed by atoms with E-state index in [4.69, 9.17) is 5.73 Å². The highest BCUT2D eigenvalue weighted by molar-refractivity contribution is 5.90. The molecule has 0 unspecified atom stereocenters. The minimum absolute atomic E-state index is 0.226. The molecule has 3 aromatic carbocycles. The van der Waals surface area contributed by atoms with Gasteiger partial charge in [-0.15, -0.1) is 0 Å². The lowest BCUT2D eigenvalue weighted by molar-refractivity contribution is -0.143. The van der Waals surface area contributed by atoms with Gasteiger partial charge in [-0.3, -0.25) is 9.59 Å². The van der Waals surface area contributed by atoms with Gasteiger partial charge < -0.3 is 26.0 Å². The number of nitrogens with two attached hydrogens (primary N) is 1. The van der Waals surface area contributed by atoms with E-state index in [1.807, 2.05) is 66.9 Å². The third-order valence-corrected chi connectivity index (χ3v) is 6.75. The molecule has 0 fully saturated rings. The summed E-state index contributed by atoms with van der Waals surface area (Å²) in [7, 11) is 1.65. The van der Waals surface area contributed by atoms with Gasteiger partial charge in [0.1, 0.15) is 6.04 Å². The number of hydrogen-bond acceptors (Lipinski definition) is 4. The van der Waals surface area contributed by atoms with Crippen molar-refractivity contribution in [2.24, 2.45) is 11.7 Å². The summed E-state index contributed by atoms with van der Waals surface area (Å²) in [5.41, 5.74) is 8.50. The van der Waals surface area contributed by atoms with E-state index in [0.29, 0.717) is 32.4 Å². The predicted molar refractivity (Wildman–Crippen MR) is 143 cm³/mol. The lowest BCUT2D eigenvalue weighted by Crippen LogP contribution is -2.51. The van der Waals surface area contributed by atoms with Crippen LogP contribution in [0.1, 0.15) is 17.5 Å². The summed E-state index contributed by atoms with van der Waals surface area (Å²) < 4.78 is 0. The minimum atomic E-state index is -0.714. The molecule has 1 heterocycles. The molecule has 7 heteroatoms. The SMILES string of the molecule is CN(C(=O)[C@@H](CO)Cc1c[nH]c2ccccc12)[C@@H](Cc1ccc2ccccc2c1)C(=O)NCCCN. The van der Waals surface area contributed by atoms with Gasteiger partial charge in [0.25, 0.3) is 0 Å². The number of aliphatic hydroxyl groups is 1. The Morgan fingerprint density at radius 3 is 2.56 bits per heavy atom. The summed E-state index contributed by atoms with van der Waals surface area (Å²) in [5, 5.41) is 16.3. The van der Waals surface area contributed by atoms with Crippen LogP contribution in [0.2, 0.25) is 0 Å². The van der Waals surface area contributed by atoms with Crippen molar-refractivity contribution in [3.8, 4) is 0 Å². The molecule has 36 heavy (non-hydrogen) atoms. The van der Waals surface area contributed by atoms with E-state index in [-0.39, 0.29) is 18.4 Å². The lowest BCUT2D eigenvalue weighted by Gasteiger charge is -2.30. The molecule has 0 aliphatic carbocycles. The number of aromatic nitrogens is 1. The zero-order chi connectivity index (χ0) is 25.5. The molecule has 0 saturated heterocycles. The summed E-state index contributed by atoms with van der Waals surface area (Å²) in [5.74, 6) is -1.15. The van der Waals surface area contributed by atoms with Gasteiger partial charge >= 0.3 is 0 Å². The fraction of sp³-hybridized carbons (Fsp3) is 0.310. The lowest BCUT2D eigenvalue weighted by atomic mass is 9.96. The number of carbonyl (C=O) groups excluding carboxylic acids is 2. The Morgan fingerprint density at radius 1 is 1.03 bits per heavy atom. The Kier molecular flexibility index (Phi) is 8.36. The first-order valence-corrected chi connectivity index (χ1v) is 12.4. The standard InChI is InChI=1S/C29H34N4O3/c1-33(29(36)24(19-34)17-23-18-32-26-10-5-4-9-25(23)26)27(28(35)31-14-6-13-30)16-20-11-12-21-7-2-3-8-22(21)15-20/h2-5,7-12,15,18,24,27,32,34H,6,13-14,16-17,19,30H2,1H3,(H,31,35)/t24-,27+/m1/s1. The van der Waals surface area contributed by atoms with Crippen LogP contribution in [0.4, 0.5) is 0 Å². The van der Waals surface area contributed by atoms with Crippen LogP contribution >= 0.6 is 0 Å². The number of H-pyrrole nitrogens is 1. The number of nitrogens with zero attached hydrogens (tertiary/aromatic N) is 1. The summed E-state index contributed by atoms with van der Waals surface area (Å²) >= 11 is 0. The van der Waals surface area contributed by atoms with Crippen molar-refractivity contribution in [2.75, 3.05) is 26.7 Å². The van der Waals surface area contributed by atoms with Crippen molar-refractivity contribution in [2.45, 2.75) is 25.3 Å². The smallest absolute Gasteiger partial charge is 0.243 e. The number of aliphatic hydroxyl groups excluding tert-OH is 1. The average molecular weight is 487 g/mol. The number of hydrogen-bond donors (Lipinski definition) is 4. The van der Waals surface area contributed by atoms with E-state index in [1.54, 1.807) is 7.05 Å². The third-order valence-electron chi connectivity index (χ3n) is 6.75. The Hall–Kier alpha value is -3.68. The van der Waals surface area contributed by atoms with Crippen molar-refractivity contribution in [1.82, 2.24) is 15.2 Å². The van der Waals surface area contributed by atoms with Gasteiger partial charge in [-0.1, -0.05) is 60.7 Å². The number of carbonyl (C=O) groups is 2. The molecule has 0 spiro atoms. The number of nitrogens with one attached hydrogen (secondary N) is 2. The number of rotatable bonds is 11. The molecule has 1 aromatic heterocycles. The molecule has 2 amide bonds. The van der Waals surface area contributed by atoms with Crippen LogP contribution in [0.3, 0.4) is 0 Å². The molecule has 2 atom stereocenters. The van der Waals surface area contributed by atoms with Crippen LogP contribution in [0, 0.1) is 5.92 Å². The summed E-state index contributed by atoms with van der Waals surface area (Å²) in [6.07, 6.45) is 3.28. The van der Waals surface area contributed by atoms with Crippen LogP contribution in [0.25, 0.3) is 21.7 Å². The summed E-state index contributed by atoms with van der Waals surface area (Å²) in [6, 6.07) is 21.3. The highest BCUT2D eigenvalue weighted by atomic mass is 16.3. The first kappa shape index (κ1) is 25.4. The monoisotopic (exact) mass is 486 g/mol. The number of likely N-dealkylation sites (N-methyl/N-ethyl adjacent to an activating group) is 1. The van der Waals surface area contributed by atoms with Crippen molar-refractivity contribution < 1.29 is 14.7 Å². The van der Waals surface area contributed by atoms with Crippen molar-refractivity contribution in [3.63, 3.8) is 0 Å². The molecule has 0 aliphatic heterocycles. The van der Waals surface area contributed by atoms with Crippen molar-refractivity contribution >= 4 is 33.5 Å². The highest BCUT2D eigenvalue weighted by Crippen LogP contribution is 2.23. The van der Waals surface area contributed by atoms with Gasteiger partial charge in [0.2, 0.25) is 11.8 Å². The molecule has 0 saturated carbocycles. The molecule has 0 aliphatic rings. The molecule has 4 aromatic rings. The van der Waals surface area contributed by atoms with Crippen LogP contribution in [-0.2, 0) is 22.4 Å². The van der Waals surface area contributed by atoms with Gasteiger partial charge in [0.15, 0.2) is 0 Å². The van der Waals surface area contributed by atoms with E-state index in [0.717, 1.165) is 32.8 Å². The van der Waals surface area contributed by atoms with Gasteiger partial charge in [-0.25, -0.2) is 0 Å². The van der Waals surface area contributed by atoms with Crippen LogP contribution in [0.5, 0.6) is 0 Å². The normalized spacial score (nSPS) is 13.0. The third kappa shape index (κ3) is 5.75. The maximum absolute atomic E-state index is 13.6. The number of fused-ring (bicyclic) bond motifs is 2. The fourth-order valence-electron chi connectivity index (χ4n) is 4.66. The van der Waals surface area contributed by atoms with E-state index < -0.39 is 12.0 Å². The minimum Gasteiger partial charge on any atom is -0.396 e. The average Bonchev–Trinajstić information content (AvgIpc) is 3.32. The Labute approximate surface area is 211 Å². The molecule has 188 valence electrons. The highest BCUT2D eigenvalue weighted by Gasteiger charge is 2.31. The largest absolute Gasteiger partial charge is 0.396 e. The maximum Gasteiger partial charge on any atom is 0.243 e. The Balaban J connectivity index is 1.56. The molecular formula is C29H34N4O3.